The third kappa shape index (κ3) is 4.38. The molecular formula is C13H18BrFN2O. The molecule has 5 heteroatoms. The normalized spacial score (nSPS) is 12.3. The van der Waals surface area contributed by atoms with Crippen LogP contribution in [0.2, 0.25) is 0 Å². The summed E-state index contributed by atoms with van der Waals surface area (Å²) in [5, 5.41) is 3.14. The van der Waals surface area contributed by atoms with Gasteiger partial charge in [-0.3, -0.25) is 4.79 Å². The largest absolute Gasteiger partial charge is 0.349 e. The summed E-state index contributed by atoms with van der Waals surface area (Å²) in [6.45, 7) is 2.42. The number of halogens is 2. The van der Waals surface area contributed by atoms with Crippen LogP contribution in [0.25, 0.3) is 0 Å². The lowest BCUT2D eigenvalue weighted by Gasteiger charge is -2.16. The molecule has 0 heterocycles. The molecule has 0 aromatic heterocycles. The Bertz CT molecular complexity index is 423. The van der Waals surface area contributed by atoms with Crippen molar-refractivity contribution in [2.24, 2.45) is 0 Å². The smallest absolute Gasteiger partial charge is 0.223 e. The highest BCUT2D eigenvalue weighted by Crippen LogP contribution is 2.20. The zero-order valence-electron chi connectivity index (χ0n) is 10.8. The number of amides is 1. The number of nitrogens with one attached hydrogen (secondary N) is 1. The van der Waals surface area contributed by atoms with E-state index in [1.54, 1.807) is 25.1 Å². The van der Waals surface area contributed by atoms with Gasteiger partial charge in [0.15, 0.2) is 0 Å². The molecule has 1 aromatic rings. The van der Waals surface area contributed by atoms with Crippen LogP contribution in [0.1, 0.15) is 24.9 Å². The molecule has 0 aliphatic carbocycles. The van der Waals surface area contributed by atoms with Crippen LogP contribution in [0.5, 0.6) is 0 Å². The van der Waals surface area contributed by atoms with Crippen LogP contribution in [-0.2, 0) is 4.79 Å². The summed E-state index contributed by atoms with van der Waals surface area (Å²) in [5.41, 5.74) is 0.607. The van der Waals surface area contributed by atoms with Crippen molar-refractivity contribution in [3.05, 3.63) is 34.1 Å². The predicted octanol–water partition coefficient (Wildman–Crippen LogP) is 2.72. The van der Waals surface area contributed by atoms with Gasteiger partial charge >= 0.3 is 0 Å². The number of carbonyl (C=O) groups is 1. The highest BCUT2D eigenvalue weighted by Gasteiger charge is 2.11. The van der Waals surface area contributed by atoms with Crippen molar-refractivity contribution in [2.45, 2.75) is 19.4 Å². The Labute approximate surface area is 115 Å². The first-order valence-electron chi connectivity index (χ1n) is 5.80. The van der Waals surface area contributed by atoms with Crippen molar-refractivity contribution in [1.29, 1.82) is 0 Å². The maximum Gasteiger partial charge on any atom is 0.223 e. The third-order valence-electron chi connectivity index (χ3n) is 2.72. The molecule has 0 saturated heterocycles. The summed E-state index contributed by atoms with van der Waals surface area (Å²) < 4.78 is 14.4. The Balaban J connectivity index is 2.50. The average molecular weight is 317 g/mol. The first-order valence-corrected chi connectivity index (χ1v) is 6.59. The average Bonchev–Trinajstić information content (AvgIpc) is 2.28. The first-order chi connectivity index (χ1) is 8.41. The van der Waals surface area contributed by atoms with E-state index < -0.39 is 0 Å². The SMILES string of the molecule is CC(NCCC(=O)N(C)C)c1ccc(Br)cc1F. The summed E-state index contributed by atoms with van der Waals surface area (Å²) in [5.74, 6) is -0.186. The summed E-state index contributed by atoms with van der Waals surface area (Å²) in [6.07, 6.45) is 0.412. The van der Waals surface area contributed by atoms with Crippen molar-refractivity contribution in [3.63, 3.8) is 0 Å². The molecule has 1 atom stereocenters. The van der Waals surface area contributed by atoms with Gasteiger partial charge in [-0.2, -0.15) is 0 Å². The molecule has 0 aliphatic rings. The lowest BCUT2D eigenvalue weighted by Crippen LogP contribution is -2.28. The fraction of sp³-hybridized carbons (Fsp3) is 0.462. The minimum Gasteiger partial charge on any atom is -0.349 e. The second-order valence-corrected chi connectivity index (χ2v) is 5.30. The third-order valence-corrected chi connectivity index (χ3v) is 3.21. The van der Waals surface area contributed by atoms with Crippen LogP contribution in [0.15, 0.2) is 22.7 Å². The van der Waals surface area contributed by atoms with E-state index in [4.69, 9.17) is 0 Å². The highest BCUT2D eigenvalue weighted by atomic mass is 79.9. The topological polar surface area (TPSA) is 32.3 Å². The quantitative estimate of drug-likeness (QED) is 0.906. The van der Waals surface area contributed by atoms with Crippen LogP contribution in [0.3, 0.4) is 0 Å². The van der Waals surface area contributed by atoms with Crippen molar-refractivity contribution in [1.82, 2.24) is 10.2 Å². The molecule has 0 aliphatic heterocycles. The van der Waals surface area contributed by atoms with E-state index in [-0.39, 0.29) is 17.8 Å². The van der Waals surface area contributed by atoms with Gasteiger partial charge in [0.05, 0.1) is 0 Å². The molecule has 1 unspecified atom stereocenters. The van der Waals surface area contributed by atoms with Gasteiger partial charge in [-0.1, -0.05) is 22.0 Å². The van der Waals surface area contributed by atoms with Crippen molar-refractivity contribution >= 4 is 21.8 Å². The summed E-state index contributed by atoms with van der Waals surface area (Å²) >= 11 is 3.22. The van der Waals surface area contributed by atoms with E-state index in [2.05, 4.69) is 21.2 Å². The molecule has 18 heavy (non-hydrogen) atoms. The number of benzene rings is 1. The second kappa shape index (κ2) is 6.85. The van der Waals surface area contributed by atoms with Gasteiger partial charge in [-0.25, -0.2) is 4.39 Å². The van der Waals surface area contributed by atoms with Crippen LogP contribution in [-0.4, -0.2) is 31.4 Å². The standard InChI is InChI=1S/C13H18BrFN2O/c1-9(16-7-6-13(18)17(2)3)11-5-4-10(14)8-12(11)15/h4-5,8-9,16H,6-7H2,1-3H3. The van der Waals surface area contributed by atoms with Gasteiger partial charge in [0, 0.05) is 43.1 Å². The number of carbonyl (C=O) groups excluding carboxylic acids is 1. The van der Waals surface area contributed by atoms with Gasteiger partial charge in [0.1, 0.15) is 5.82 Å². The highest BCUT2D eigenvalue weighted by molar-refractivity contribution is 9.10. The molecule has 0 saturated carbocycles. The lowest BCUT2D eigenvalue weighted by atomic mass is 10.1. The molecule has 3 nitrogen and oxygen atoms in total. The molecule has 1 N–H and O–H groups in total. The number of nitrogens with zero attached hydrogens (tertiary/aromatic N) is 1. The molecule has 1 amide bonds. The Morgan fingerprint density at radius 1 is 1.50 bits per heavy atom. The molecule has 0 bridgehead atoms. The second-order valence-electron chi connectivity index (χ2n) is 4.38. The Hall–Kier alpha value is -0.940. The van der Waals surface area contributed by atoms with E-state index >= 15 is 0 Å². The zero-order valence-corrected chi connectivity index (χ0v) is 12.4. The molecule has 100 valence electrons. The van der Waals surface area contributed by atoms with Crippen molar-refractivity contribution in [3.8, 4) is 0 Å². The molecule has 0 spiro atoms. The summed E-state index contributed by atoms with van der Waals surface area (Å²) in [6, 6.07) is 4.87. The number of rotatable bonds is 5. The van der Waals surface area contributed by atoms with Crippen LogP contribution in [0.4, 0.5) is 4.39 Å². The molecule has 0 fully saturated rings. The van der Waals surface area contributed by atoms with Crippen LogP contribution < -0.4 is 5.32 Å². The molecule has 1 aromatic carbocycles. The predicted molar refractivity (Wildman–Crippen MR) is 73.8 cm³/mol. The summed E-state index contributed by atoms with van der Waals surface area (Å²) in [7, 11) is 3.44. The Kier molecular flexibility index (Phi) is 5.75. The van der Waals surface area contributed by atoms with Crippen molar-refractivity contribution in [2.75, 3.05) is 20.6 Å². The maximum absolute atomic E-state index is 13.7. The van der Waals surface area contributed by atoms with Gasteiger partial charge in [0.25, 0.3) is 0 Å². The lowest BCUT2D eigenvalue weighted by molar-refractivity contribution is -0.128. The summed E-state index contributed by atoms with van der Waals surface area (Å²) in [4.78, 5) is 12.9. The van der Waals surface area contributed by atoms with Gasteiger partial charge in [0.2, 0.25) is 5.91 Å². The number of hydrogen-bond donors (Lipinski definition) is 1. The first kappa shape index (κ1) is 15.1. The minimum atomic E-state index is -0.247. The van der Waals surface area contributed by atoms with E-state index in [1.807, 2.05) is 13.0 Å². The fourth-order valence-corrected chi connectivity index (χ4v) is 1.91. The maximum atomic E-state index is 13.7. The van der Waals surface area contributed by atoms with Gasteiger partial charge in [-0.05, 0) is 19.1 Å². The van der Waals surface area contributed by atoms with E-state index in [9.17, 15) is 9.18 Å². The van der Waals surface area contributed by atoms with Gasteiger partial charge < -0.3 is 10.2 Å². The van der Waals surface area contributed by atoms with Gasteiger partial charge in [-0.15, -0.1) is 0 Å². The fourth-order valence-electron chi connectivity index (χ4n) is 1.58. The van der Waals surface area contributed by atoms with E-state index in [0.29, 0.717) is 18.5 Å². The zero-order chi connectivity index (χ0) is 13.7. The Morgan fingerprint density at radius 2 is 2.17 bits per heavy atom. The van der Waals surface area contributed by atoms with Crippen molar-refractivity contribution < 1.29 is 9.18 Å². The molecule has 0 radical (unpaired) electrons. The van der Waals surface area contributed by atoms with E-state index in [1.165, 1.54) is 6.07 Å². The molecular weight excluding hydrogens is 299 g/mol. The van der Waals surface area contributed by atoms with Crippen LogP contribution >= 0.6 is 15.9 Å². The van der Waals surface area contributed by atoms with Crippen LogP contribution in [0, 0.1) is 5.82 Å². The number of hydrogen-bond acceptors (Lipinski definition) is 2. The van der Waals surface area contributed by atoms with E-state index in [0.717, 1.165) is 4.47 Å². The monoisotopic (exact) mass is 316 g/mol. The minimum absolute atomic E-state index is 0.0611. The molecule has 1 rings (SSSR count). The Morgan fingerprint density at radius 3 is 2.72 bits per heavy atom.